The number of carbonyl (C=O) groups is 2. The van der Waals surface area contributed by atoms with Crippen molar-refractivity contribution in [2.24, 2.45) is 5.92 Å². The number of ether oxygens (including phenoxy) is 1. The summed E-state index contributed by atoms with van der Waals surface area (Å²) in [6.07, 6.45) is 1.04. The van der Waals surface area contributed by atoms with E-state index in [0.717, 1.165) is 5.69 Å². The minimum absolute atomic E-state index is 0.00317. The van der Waals surface area contributed by atoms with Crippen LogP contribution in [0.4, 0.5) is 5.69 Å². The van der Waals surface area contributed by atoms with Crippen LogP contribution in [0.1, 0.15) is 52.0 Å². The lowest BCUT2D eigenvalue weighted by molar-refractivity contribution is -0.126. The van der Waals surface area contributed by atoms with Crippen molar-refractivity contribution in [2.75, 3.05) is 18.0 Å². The number of benzene rings is 1. The number of amides is 1. The number of nitrogens with zero attached hydrogens (tertiary/aromatic N) is 1. The summed E-state index contributed by atoms with van der Waals surface area (Å²) in [6, 6.07) is 8.07. The van der Waals surface area contributed by atoms with Crippen LogP contribution in [-0.4, -0.2) is 32.9 Å². The van der Waals surface area contributed by atoms with Gasteiger partial charge in [0.2, 0.25) is 13.9 Å². The first-order valence-electron chi connectivity index (χ1n) is 8.30. The summed E-state index contributed by atoms with van der Waals surface area (Å²) in [7, 11) is 1.79. The molecule has 0 aromatic heterocycles. The summed E-state index contributed by atoms with van der Waals surface area (Å²) in [6.45, 7) is 8.58. The van der Waals surface area contributed by atoms with E-state index in [9.17, 15) is 9.59 Å². The van der Waals surface area contributed by atoms with Gasteiger partial charge >= 0.3 is 0 Å². The Bertz CT molecular complexity index is 512. The number of anilines is 1. The van der Waals surface area contributed by atoms with Crippen molar-refractivity contribution >= 4 is 25.4 Å². The highest BCUT2D eigenvalue weighted by Crippen LogP contribution is 2.19. The Morgan fingerprint density at radius 1 is 1.13 bits per heavy atom. The molecule has 1 aromatic rings. The van der Waals surface area contributed by atoms with Gasteiger partial charge in [-0.1, -0.05) is 39.8 Å². The molecule has 0 N–H and O–H groups in total. The van der Waals surface area contributed by atoms with E-state index in [4.69, 9.17) is 4.74 Å². The Labute approximate surface area is 140 Å². The highest BCUT2D eigenvalue weighted by atomic mass is 16.5. The number of ketones is 1. The predicted molar refractivity (Wildman–Crippen MR) is 96.5 cm³/mol. The van der Waals surface area contributed by atoms with Crippen molar-refractivity contribution < 1.29 is 14.3 Å². The molecular weight excluding hydrogens is 289 g/mol. The van der Waals surface area contributed by atoms with Crippen LogP contribution < -0.4 is 4.81 Å². The Hall–Kier alpha value is -1.62. The molecule has 4 nitrogen and oxygen atoms in total. The second-order valence-electron chi connectivity index (χ2n) is 6.48. The first-order valence-corrected chi connectivity index (χ1v) is 8.30. The predicted octanol–water partition coefficient (Wildman–Crippen LogP) is 2.71. The first-order chi connectivity index (χ1) is 10.8. The maximum atomic E-state index is 12.2. The Kier molecular flexibility index (Phi) is 8.03. The van der Waals surface area contributed by atoms with Crippen LogP contribution in [0, 0.1) is 5.92 Å². The van der Waals surface area contributed by atoms with Crippen LogP contribution in [0.2, 0.25) is 0 Å². The largest absolute Gasteiger partial charge is 0.374 e. The molecule has 1 aromatic carbocycles. The van der Waals surface area contributed by atoms with E-state index in [2.05, 4.69) is 26.0 Å². The van der Waals surface area contributed by atoms with Crippen LogP contribution in [0.15, 0.2) is 24.3 Å². The van der Waals surface area contributed by atoms with Gasteiger partial charge in [-0.3, -0.25) is 9.59 Å². The van der Waals surface area contributed by atoms with E-state index in [1.165, 1.54) is 5.56 Å². The van der Waals surface area contributed by atoms with Crippen LogP contribution >= 0.6 is 0 Å². The lowest BCUT2D eigenvalue weighted by atomic mass is 10.0. The van der Waals surface area contributed by atoms with Crippen molar-refractivity contribution in [3.63, 3.8) is 0 Å². The minimum Gasteiger partial charge on any atom is -0.374 e. The van der Waals surface area contributed by atoms with E-state index >= 15 is 0 Å². The van der Waals surface area contributed by atoms with Gasteiger partial charge in [0.15, 0.2) is 5.78 Å². The number of Topliss-reactive ketones (excluding diaryl/α,β-unsaturated/α-hetero) is 1. The fourth-order valence-corrected chi connectivity index (χ4v) is 2.06. The summed E-state index contributed by atoms with van der Waals surface area (Å²) in [5.74, 6) is 0.632. The molecule has 1 rings (SSSR count). The molecule has 5 heteroatoms. The molecule has 0 spiro atoms. The van der Waals surface area contributed by atoms with Crippen molar-refractivity contribution in [3.05, 3.63) is 29.8 Å². The Morgan fingerprint density at radius 3 is 2.26 bits per heavy atom. The van der Waals surface area contributed by atoms with E-state index in [1.807, 2.05) is 26.0 Å². The van der Waals surface area contributed by atoms with E-state index in [-0.39, 0.29) is 24.2 Å². The molecule has 0 bridgehead atoms. The molecule has 0 saturated carbocycles. The van der Waals surface area contributed by atoms with Gasteiger partial charge in [0, 0.05) is 24.6 Å². The summed E-state index contributed by atoms with van der Waals surface area (Å²) < 4.78 is 5.31. The van der Waals surface area contributed by atoms with Gasteiger partial charge in [-0.25, -0.2) is 0 Å². The normalized spacial score (nSPS) is 11.0. The van der Waals surface area contributed by atoms with Crippen molar-refractivity contribution in [3.8, 4) is 0 Å². The van der Waals surface area contributed by atoms with Gasteiger partial charge in [-0.2, -0.15) is 0 Å². The fraction of sp³-hybridized carbons (Fsp3) is 0.556. The molecule has 1 amide bonds. The molecule has 23 heavy (non-hydrogen) atoms. The molecule has 0 unspecified atom stereocenters. The minimum atomic E-state index is -0.00317. The zero-order valence-electron chi connectivity index (χ0n) is 15.0. The maximum Gasteiger partial charge on any atom is 0.227 e. The lowest BCUT2D eigenvalue weighted by Gasteiger charge is -2.19. The van der Waals surface area contributed by atoms with Crippen LogP contribution in [0.25, 0.3) is 0 Å². The molecule has 0 fully saturated rings. The lowest BCUT2D eigenvalue weighted by Crippen LogP contribution is -2.28. The number of hydrogen-bond donors (Lipinski definition) is 0. The van der Waals surface area contributed by atoms with E-state index < -0.39 is 0 Å². The second-order valence-corrected chi connectivity index (χ2v) is 6.48. The zero-order chi connectivity index (χ0) is 17.4. The Balaban J connectivity index is 2.35. The zero-order valence-corrected chi connectivity index (χ0v) is 15.0. The number of carbonyl (C=O) groups excluding carboxylic acids is 2. The SMILES string of the molecule is BN(C(=O)CCCOCC(=O)C(C)C)c1ccc(C(C)C)cc1. The standard InChI is InChI=1S/C18H28BNO3/c1-13(2)15-7-9-16(10-8-15)20(19)18(22)6-5-11-23-12-17(21)14(3)4/h7-10,13-14H,5-6,11-12,19H2,1-4H3. The van der Waals surface area contributed by atoms with Gasteiger partial charge < -0.3 is 9.55 Å². The topological polar surface area (TPSA) is 46.6 Å². The highest BCUT2D eigenvalue weighted by molar-refractivity contribution is 6.30. The summed E-state index contributed by atoms with van der Waals surface area (Å²) in [5, 5.41) is 0. The molecule has 0 saturated heterocycles. The monoisotopic (exact) mass is 317 g/mol. The maximum absolute atomic E-state index is 12.2. The van der Waals surface area contributed by atoms with Gasteiger partial charge in [0.1, 0.15) is 6.61 Å². The first kappa shape index (κ1) is 19.4. The smallest absolute Gasteiger partial charge is 0.227 e. The molecular formula is C18H28BNO3. The third-order valence-electron chi connectivity index (χ3n) is 3.89. The molecule has 0 aliphatic heterocycles. The highest BCUT2D eigenvalue weighted by Gasteiger charge is 2.11. The van der Waals surface area contributed by atoms with Gasteiger partial charge in [0.05, 0.1) is 0 Å². The van der Waals surface area contributed by atoms with Gasteiger partial charge in [0.25, 0.3) is 0 Å². The summed E-state index contributed by atoms with van der Waals surface area (Å²) in [5.41, 5.74) is 2.16. The quantitative estimate of drug-likeness (QED) is 0.520. The average Bonchev–Trinajstić information content (AvgIpc) is 2.53. The molecule has 0 radical (unpaired) electrons. The van der Waals surface area contributed by atoms with Crippen LogP contribution in [-0.2, 0) is 14.3 Å². The third kappa shape index (κ3) is 6.57. The second kappa shape index (κ2) is 9.51. The van der Waals surface area contributed by atoms with Crippen molar-refractivity contribution in [2.45, 2.75) is 46.5 Å². The molecule has 0 aliphatic carbocycles. The van der Waals surface area contributed by atoms with Gasteiger partial charge in [-0.05, 0) is 30.0 Å². The number of rotatable bonds is 9. The molecule has 0 heterocycles. The van der Waals surface area contributed by atoms with Gasteiger partial charge in [-0.15, -0.1) is 0 Å². The molecule has 0 aliphatic rings. The summed E-state index contributed by atoms with van der Waals surface area (Å²) >= 11 is 0. The number of hydrogen-bond acceptors (Lipinski definition) is 3. The van der Waals surface area contributed by atoms with Crippen LogP contribution in [0.5, 0.6) is 0 Å². The summed E-state index contributed by atoms with van der Waals surface area (Å²) in [4.78, 5) is 25.2. The third-order valence-corrected chi connectivity index (χ3v) is 3.89. The van der Waals surface area contributed by atoms with Crippen molar-refractivity contribution in [1.82, 2.24) is 0 Å². The van der Waals surface area contributed by atoms with Crippen molar-refractivity contribution in [1.29, 1.82) is 0 Å². The fourth-order valence-electron chi connectivity index (χ4n) is 2.06. The van der Waals surface area contributed by atoms with Crippen LogP contribution in [0.3, 0.4) is 0 Å². The Morgan fingerprint density at radius 2 is 1.74 bits per heavy atom. The van der Waals surface area contributed by atoms with E-state index in [1.54, 1.807) is 12.8 Å². The van der Waals surface area contributed by atoms with E-state index in [0.29, 0.717) is 25.4 Å². The molecule has 0 atom stereocenters. The molecule has 126 valence electrons. The average molecular weight is 317 g/mol.